The minimum Gasteiger partial charge on any atom is -0.310 e. The van der Waals surface area contributed by atoms with E-state index >= 15 is 0 Å². The van der Waals surface area contributed by atoms with Gasteiger partial charge in [-0.15, -0.1) is 0 Å². The SMILES string of the molecule is Cc1ccc(-n2nc(C)c3c2NC(=O)C[C@@H]3C(=O)c2ccc(C)c(C)c2)cc1. The highest BCUT2D eigenvalue weighted by molar-refractivity contribution is 6.08. The molecule has 3 aromatic rings. The van der Waals surface area contributed by atoms with Crippen LogP contribution in [0, 0.1) is 27.7 Å². The molecule has 0 saturated heterocycles. The molecule has 1 aromatic heterocycles. The fraction of sp³-hybridized carbons (Fsp3) is 0.261. The summed E-state index contributed by atoms with van der Waals surface area (Å²) in [6, 6.07) is 13.6. The Hall–Kier alpha value is -3.21. The summed E-state index contributed by atoms with van der Waals surface area (Å²) in [7, 11) is 0. The summed E-state index contributed by atoms with van der Waals surface area (Å²) in [5, 5.41) is 7.56. The van der Waals surface area contributed by atoms with Crippen LogP contribution in [0.1, 0.15) is 50.6 Å². The van der Waals surface area contributed by atoms with E-state index in [4.69, 9.17) is 0 Å². The van der Waals surface area contributed by atoms with E-state index in [9.17, 15) is 9.59 Å². The van der Waals surface area contributed by atoms with Crippen molar-refractivity contribution >= 4 is 17.5 Å². The molecule has 0 unspecified atom stereocenters. The van der Waals surface area contributed by atoms with Crippen molar-refractivity contribution in [1.29, 1.82) is 0 Å². The third-order valence-corrected chi connectivity index (χ3v) is 5.49. The van der Waals surface area contributed by atoms with Crippen LogP contribution < -0.4 is 5.32 Å². The lowest BCUT2D eigenvalue weighted by Gasteiger charge is -2.23. The normalized spacial score (nSPS) is 15.9. The van der Waals surface area contributed by atoms with Gasteiger partial charge in [-0.3, -0.25) is 9.59 Å². The zero-order chi connectivity index (χ0) is 20.0. The molecule has 0 bridgehead atoms. The average Bonchev–Trinajstić information content (AvgIpc) is 3.00. The van der Waals surface area contributed by atoms with E-state index in [0.29, 0.717) is 11.4 Å². The first-order valence-electron chi connectivity index (χ1n) is 9.43. The second-order valence-electron chi connectivity index (χ2n) is 7.56. The zero-order valence-corrected chi connectivity index (χ0v) is 16.5. The first kappa shape index (κ1) is 18.2. The Balaban J connectivity index is 1.81. The van der Waals surface area contributed by atoms with Crippen molar-refractivity contribution in [1.82, 2.24) is 9.78 Å². The van der Waals surface area contributed by atoms with Gasteiger partial charge in [-0.2, -0.15) is 5.10 Å². The Kier molecular flexibility index (Phi) is 4.38. The maximum absolute atomic E-state index is 13.3. The van der Waals surface area contributed by atoms with Gasteiger partial charge < -0.3 is 5.32 Å². The predicted octanol–water partition coefficient (Wildman–Crippen LogP) is 4.41. The molecule has 1 aliphatic heterocycles. The van der Waals surface area contributed by atoms with Crippen molar-refractivity contribution in [3.63, 3.8) is 0 Å². The fourth-order valence-electron chi connectivity index (χ4n) is 3.74. The number of benzene rings is 2. The van der Waals surface area contributed by atoms with E-state index in [-0.39, 0.29) is 18.1 Å². The van der Waals surface area contributed by atoms with Gasteiger partial charge in [0.1, 0.15) is 5.82 Å². The second-order valence-corrected chi connectivity index (χ2v) is 7.56. The molecule has 0 saturated carbocycles. The summed E-state index contributed by atoms with van der Waals surface area (Å²) in [6.07, 6.45) is 0.138. The summed E-state index contributed by atoms with van der Waals surface area (Å²) >= 11 is 0. The molecule has 4 rings (SSSR count). The molecule has 0 aliphatic carbocycles. The molecule has 5 heteroatoms. The average molecular weight is 373 g/mol. The number of anilines is 1. The Morgan fingerprint density at radius 1 is 1.04 bits per heavy atom. The van der Waals surface area contributed by atoms with Gasteiger partial charge in [-0.05, 0) is 57.0 Å². The molecule has 2 heterocycles. The van der Waals surface area contributed by atoms with Crippen LogP contribution in [0.25, 0.3) is 5.69 Å². The van der Waals surface area contributed by atoms with E-state index in [2.05, 4.69) is 10.4 Å². The highest BCUT2D eigenvalue weighted by atomic mass is 16.2. The monoisotopic (exact) mass is 373 g/mol. The molecule has 142 valence electrons. The molecule has 0 fully saturated rings. The van der Waals surface area contributed by atoms with Gasteiger partial charge in [0, 0.05) is 17.5 Å². The fourth-order valence-corrected chi connectivity index (χ4v) is 3.74. The number of aromatic nitrogens is 2. The van der Waals surface area contributed by atoms with Crippen LogP contribution in [-0.2, 0) is 4.79 Å². The van der Waals surface area contributed by atoms with Gasteiger partial charge in [-0.25, -0.2) is 4.68 Å². The number of nitrogens with one attached hydrogen (secondary N) is 1. The smallest absolute Gasteiger partial charge is 0.226 e. The molecule has 1 N–H and O–H groups in total. The predicted molar refractivity (Wildman–Crippen MR) is 109 cm³/mol. The van der Waals surface area contributed by atoms with Crippen LogP contribution in [-0.4, -0.2) is 21.5 Å². The third kappa shape index (κ3) is 3.03. The molecule has 2 aromatic carbocycles. The van der Waals surface area contributed by atoms with E-state index in [1.165, 1.54) is 0 Å². The van der Waals surface area contributed by atoms with Crippen LogP contribution in [0.5, 0.6) is 0 Å². The lowest BCUT2D eigenvalue weighted by molar-refractivity contribution is -0.116. The minimum atomic E-state index is -0.523. The number of carbonyl (C=O) groups excluding carboxylic acids is 2. The van der Waals surface area contributed by atoms with E-state index < -0.39 is 5.92 Å². The number of ketones is 1. The van der Waals surface area contributed by atoms with Gasteiger partial charge in [0.15, 0.2) is 5.78 Å². The summed E-state index contributed by atoms with van der Waals surface area (Å²) in [5.41, 5.74) is 6.42. The highest BCUT2D eigenvalue weighted by Crippen LogP contribution is 2.38. The van der Waals surface area contributed by atoms with Crippen LogP contribution in [0.2, 0.25) is 0 Å². The van der Waals surface area contributed by atoms with Crippen molar-refractivity contribution in [2.24, 2.45) is 0 Å². The summed E-state index contributed by atoms with van der Waals surface area (Å²) in [4.78, 5) is 25.7. The van der Waals surface area contributed by atoms with Crippen LogP contribution in [0.4, 0.5) is 5.82 Å². The van der Waals surface area contributed by atoms with Crippen molar-refractivity contribution in [2.75, 3.05) is 5.32 Å². The van der Waals surface area contributed by atoms with Crippen molar-refractivity contribution in [3.05, 3.63) is 76.0 Å². The minimum absolute atomic E-state index is 0.0363. The molecule has 1 atom stereocenters. The third-order valence-electron chi connectivity index (χ3n) is 5.49. The van der Waals surface area contributed by atoms with Crippen molar-refractivity contribution in [2.45, 2.75) is 40.0 Å². The summed E-state index contributed by atoms with van der Waals surface area (Å²) in [6.45, 7) is 7.92. The zero-order valence-electron chi connectivity index (χ0n) is 16.5. The van der Waals surface area contributed by atoms with Crippen molar-refractivity contribution in [3.8, 4) is 5.69 Å². The van der Waals surface area contributed by atoms with Gasteiger partial charge in [0.25, 0.3) is 0 Å². The molecular formula is C23H23N3O2. The number of rotatable bonds is 3. The number of aryl methyl sites for hydroxylation is 4. The molecular weight excluding hydrogens is 350 g/mol. The number of nitrogens with zero attached hydrogens (tertiary/aromatic N) is 2. The Bertz CT molecular complexity index is 1090. The lowest BCUT2D eigenvalue weighted by atomic mass is 9.85. The van der Waals surface area contributed by atoms with Crippen LogP contribution in [0.3, 0.4) is 0 Å². The molecule has 1 amide bonds. The van der Waals surface area contributed by atoms with Gasteiger partial charge in [0.2, 0.25) is 5.91 Å². The lowest BCUT2D eigenvalue weighted by Crippen LogP contribution is -2.28. The van der Waals surface area contributed by atoms with E-state index in [1.54, 1.807) is 4.68 Å². The van der Waals surface area contributed by atoms with Gasteiger partial charge >= 0.3 is 0 Å². The van der Waals surface area contributed by atoms with Gasteiger partial charge in [-0.1, -0.05) is 29.8 Å². The largest absolute Gasteiger partial charge is 0.310 e. The number of hydrogen-bond acceptors (Lipinski definition) is 3. The first-order valence-corrected chi connectivity index (χ1v) is 9.43. The van der Waals surface area contributed by atoms with Crippen LogP contribution in [0.15, 0.2) is 42.5 Å². The maximum atomic E-state index is 13.3. The molecule has 5 nitrogen and oxygen atoms in total. The molecule has 0 spiro atoms. The molecule has 0 radical (unpaired) electrons. The molecule has 1 aliphatic rings. The number of amides is 1. The Morgan fingerprint density at radius 3 is 2.43 bits per heavy atom. The number of Topliss-reactive ketones (excluding diaryl/α,β-unsaturated/α-hetero) is 1. The van der Waals surface area contributed by atoms with E-state index in [1.807, 2.05) is 70.2 Å². The first-order chi connectivity index (χ1) is 13.3. The second kappa shape index (κ2) is 6.75. The standard InChI is InChI=1S/C23H23N3O2/c1-13-5-9-18(10-6-13)26-23-21(16(4)25-26)19(12-20(27)24-23)22(28)17-8-7-14(2)15(3)11-17/h5-11,19H,12H2,1-4H3,(H,24,27)/t19-/m0/s1. The Morgan fingerprint density at radius 2 is 1.75 bits per heavy atom. The summed E-state index contributed by atoms with van der Waals surface area (Å²) < 4.78 is 1.72. The maximum Gasteiger partial charge on any atom is 0.226 e. The molecule has 28 heavy (non-hydrogen) atoms. The number of hydrogen-bond donors (Lipinski definition) is 1. The van der Waals surface area contributed by atoms with Gasteiger partial charge in [0.05, 0.1) is 17.3 Å². The van der Waals surface area contributed by atoms with Crippen molar-refractivity contribution < 1.29 is 9.59 Å². The number of carbonyl (C=O) groups is 2. The summed E-state index contributed by atoms with van der Waals surface area (Å²) in [5.74, 6) is -0.126. The highest BCUT2D eigenvalue weighted by Gasteiger charge is 2.36. The quantitative estimate of drug-likeness (QED) is 0.692. The van der Waals surface area contributed by atoms with Crippen LogP contribution >= 0.6 is 0 Å². The number of fused-ring (bicyclic) bond motifs is 1. The Labute approximate surface area is 164 Å². The topological polar surface area (TPSA) is 64.0 Å². The van der Waals surface area contributed by atoms with E-state index in [0.717, 1.165) is 33.6 Å².